The van der Waals surface area contributed by atoms with E-state index >= 15 is 0 Å². The third kappa shape index (κ3) is 7.83. The second kappa shape index (κ2) is 10.2. The van der Waals surface area contributed by atoms with Crippen molar-refractivity contribution < 1.29 is 8.42 Å². The zero-order chi connectivity index (χ0) is 18.1. The normalized spacial score (nSPS) is 18.8. The van der Waals surface area contributed by atoms with Crippen molar-refractivity contribution in [3.05, 3.63) is 0 Å². The number of hydrogen-bond donors (Lipinski definition) is 2. The molecule has 0 aromatic rings. The van der Waals surface area contributed by atoms with Crippen molar-refractivity contribution in [3.63, 3.8) is 0 Å². The molecule has 0 bridgehead atoms. The lowest BCUT2D eigenvalue weighted by molar-refractivity contribution is 0.332. The van der Waals surface area contributed by atoms with Crippen LogP contribution in [0.25, 0.3) is 0 Å². The molecule has 0 aliphatic carbocycles. The van der Waals surface area contributed by atoms with Crippen LogP contribution >= 0.6 is 0 Å². The lowest BCUT2D eigenvalue weighted by atomic mass is 9.87. The first-order chi connectivity index (χ1) is 11.3. The molecule has 0 radical (unpaired) electrons. The molecule has 7 heteroatoms. The maximum absolute atomic E-state index is 11.8. The number of nitrogens with one attached hydrogen (secondary N) is 2. The van der Waals surface area contributed by atoms with Crippen LogP contribution in [0.5, 0.6) is 0 Å². The van der Waals surface area contributed by atoms with Crippen LogP contribution in [0.2, 0.25) is 0 Å². The number of sulfonamides is 1. The van der Waals surface area contributed by atoms with Gasteiger partial charge in [0.05, 0.1) is 5.75 Å². The fraction of sp³-hybridized carbons (Fsp3) is 0.941. The minimum Gasteiger partial charge on any atom is -0.357 e. The maximum atomic E-state index is 11.8. The zero-order valence-corrected chi connectivity index (χ0v) is 16.7. The summed E-state index contributed by atoms with van der Waals surface area (Å²) in [6.45, 7) is 12.1. The highest BCUT2D eigenvalue weighted by Gasteiger charge is 2.27. The third-order valence-electron chi connectivity index (χ3n) is 4.32. The quantitative estimate of drug-likeness (QED) is 0.356. The summed E-state index contributed by atoms with van der Waals surface area (Å²) in [6, 6.07) is 0. The molecule has 142 valence electrons. The van der Waals surface area contributed by atoms with Crippen LogP contribution in [0.1, 0.15) is 59.8 Å². The fourth-order valence-corrected chi connectivity index (χ4v) is 4.34. The molecule has 24 heavy (non-hydrogen) atoms. The van der Waals surface area contributed by atoms with Crippen LogP contribution < -0.4 is 10.6 Å². The Labute approximate surface area is 148 Å². The number of nitrogens with zero attached hydrogens (tertiary/aromatic N) is 2. The summed E-state index contributed by atoms with van der Waals surface area (Å²) in [6.07, 6.45) is 5.67. The molecule has 1 rings (SSSR count). The van der Waals surface area contributed by atoms with E-state index in [0.29, 0.717) is 19.6 Å². The Morgan fingerprint density at radius 2 is 1.96 bits per heavy atom. The van der Waals surface area contributed by atoms with Crippen LogP contribution in [-0.4, -0.2) is 57.2 Å². The molecule has 1 aliphatic heterocycles. The number of rotatable bonds is 10. The Morgan fingerprint density at radius 1 is 1.21 bits per heavy atom. The fourth-order valence-electron chi connectivity index (χ4n) is 2.81. The summed E-state index contributed by atoms with van der Waals surface area (Å²) < 4.78 is 25.2. The Kier molecular flexibility index (Phi) is 9.05. The second-order valence-electron chi connectivity index (χ2n) is 7.31. The molecule has 0 aromatic heterocycles. The molecule has 1 fully saturated rings. The molecule has 0 unspecified atom stereocenters. The first-order valence-corrected chi connectivity index (χ1v) is 10.9. The highest BCUT2D eigenvalue weighted by molar-refractivity contribution is 7.89. The van der Waals surface area contributed by atoms with E-state index in [1.165, 1.54) is 25.7 Å². The molecule has 0 atom stereocenters. The molecule has 0 amide bonds. The molecule has 1 aliphatic rings. The predicted molar refractivity (Wildman–Crippen MR) is 102 cm³/mol. The van der Waals surface area contributed by atoms with Gasteiger partial charge in [0.15, 0.2) is 5.96 Å². The first-order valence-electron chi connectivity index (χ1n) is 9.31. The van der Waals surface area contributed by atoms with Crippen LogP contribution in [-0.2, 0) is 10.0 Å². The minimum atomic E-state index is -3.01. The maximum Gasteiger partial charge on any atom is 0.214 e. The van der Waals surface area contributed by atoms with Crippen molar-refractivity contribution in [1.82, 2.24) is 14.9 Å². The highest BCUT2D eigenvalue weighted by Crippen LogP contribution is 2.23. The number of hydrogen-bond acceptors (Lipinski definition) is 3. The largest absolute Gasteiger partial charge is 0.357 e. The van der Waals surface area contributed by atoms with E-state index in [0.717, 1.165) is 25.5 Å². The summed E-state index contributed by atoms with van der Waals surface area (Å²) in [4.78, 5) is 4.69. The Morgan fingerprint density at radius 3 is 2.54 bits per heavy atom. The van der Waals surface area contributed by atoms with Crippen molar-refractivity contribution in [1.29, 1.82) is 0 Å². The van der Waals surface area contributed by atoms with Gasteiger partial charge >= 0.3 is 0 Å². The lowest BCUT2D eigenvalue weighted by Crippen LogP contribution is -2.42. The van der Waals surface area contributed by atoms with Gasteiger partial charge in [-0.1, -0.05) is 40.0 Å². The van der Waals surface area contributed by atoms with Crippen LogP contribution in [0.3, 0.4) is 0 Å². The van der Waals surface area contributed by atoms with Crippen molar-refractivity contribution in [3.8, 4) is 0 Å². The molecule has 1 saturated heterocycles. The van der Waals surface area contributed by atoms with E-state index in [9.17, 15) is 8.42 Å². The summed E-state index contributed by atoms with van der Waals surface area (Å²) in [5.41, 5.74) is 0.190. The average Bonchev–Trinajstić information content (AvgIpc) is 2.84. The standard InChI is InChI=1S/C17H36N4O2S/c1-5-7-8-10-17(3,4)15-20-16(18-6-2)19-11-13-21-12-9-14-24(21,22)23/h5-15H2,1-4H3,(H2,18,19,20). The van der Waals surface area contributed by atoms with Gasteiger partial charge in [0.2, 0.25) is 10.0 Å². The van der Waals surface area contributed by atoms with Gasteiger partial charge in [0.1, 0.15) is 0 Å². The summed E-state index contributed by atoms with van der Waals surface area (Å²) in [5.74, 6) is 1.06. The van der Waals surface area contributed by atoms with Crippen molar-refractivity contribution in [2.45, 2.75) is 59.8 Å². The molecule has 0 saturated carbocycles. The van der Waals surface area contributed by atoms with Gasteiger partial charge in [0.25, 0.3) is 0 Å². The molecule has 6 nitrogen and oxygen atoms in total. The number of aliphatic imine (C=N–C) groups is 1. The van der Waals surface area contributed by atoms with Crippen LogP contribution in [0.4, 0.5) is 0 Å². The minimum absolute atomic E-state index is 0.190. The Balaban J connectivity index is 2.44. The third-order valence-corrected chi connectivity index (χ3v) is 6.28. The van der Waals surface area contributed by atoms with Crippen LogP contribution in [0, 0.1) is 5.41 Å². The zero-order valence-electron chi connectivity index (χ0n) is 15.9. The van der Waals surface area contributed by atoms with Crippen molar-refractivity contribution >= 4 is 16.0 Å². The second-order valence-corrected chi connectivity index (χ2v) is 9.40. The summed E-state index contributed by atoms with van der Waals surface area (Å²) in [7, 11) is -3.01. The topological polar surface area (TPSA) is 73.8 Å². The smallest absolute Gasteiger partial charge is 0.214 e. The molecule has 2 N–H and O–H groups in total. The van der Waals surface area contributed by atoms with Gasteiger partial charge < -0.3 is 10.6 Å². The summed E-state index contributed by atoms with van der Waals surface area (Å²) >= 11 is 0. The Hall–Kier alpha value is -0.820. The molecular formula is C17H36N4O2S. The van der Waals surface area contributed by atoms with Crippen LogP contribution in [0.15, 0.2) is 4.99 Å². The molecule has 0 aromatic carbocycles. The van der Waals surface area contributed by atoms with E-state index in [4.69, 9.17) is 4.99 Å². The molecule has 0 spiro atoms. The van der Waals surface area contributed by atoms with Crippen molar-refractivity contribution in [2.75, 3.05) is 38.5 Å². The van der Waals surface area contributed by atoms with Gasteiger partial charge in [-0.15, -0.1) is 0 Å². The van der Waals surface area contributed by atoms with E-state index in [-0.39, 0.29) is 11.2 Å². The van der Waals surface area contributed by atoms with E-state index in [2.05, 4.69) is 31.4 Å². The molecular weight excluding hydrogens is 324 g/mol. The lowest BCUT2D eigenvalue weighted by Gasteiger charge is -2.23. The van der Waals surface area contributed by atoms with Gasteiger partial charge in [-0.05, 0) is 25.2 Å². The van der Waals surface area contributed by atoms with E-state index in [1.807, 2.05) is 6.92 Å². The predicted octanol–water partition coefficient (Wildman–Crippen LogP) is 2.18. The number of guanidine groups is 1. The average molecular weight is 361 g/mol. The van der Waals surface area contributed by atoms with Gasteiger partial charge in [0, 0.05) is 32.7 Å². The highest BCUT2D eigenvalue weighted by atomic mass is 32.2. The monoisotopic (exact) mass is 360 g/mol. The van der Waals surface area contributed by atoms with Gasteiger partial charge in [-0.2, -0.15) is 0 Å². The van der Waals surface area contributed by atoms with E-state index < -0.39 is 10.0 Å². The number of unbranched alkanes of at least 4 members (excludes halogenated alkanes) is 2. The summed E-state index contributed by atoms with van der Waals surface area (Å²) in [5, 5.41) is 6.50. The Bertz CT molecular complexity index is 489. The van der Waals surface area contributed by atoms with E-state index in [1.54, 1.807) is 4.31 Å². The van der Waals surface area contributed by atoms with Gasteiger partial charge in [-0.25, -0.2) is 12.7 Å². The molecule has 1 heterocycles. The SMILES string of the molecule is CCCCCC(C)(C)CN=C(NCC)NCCN1CCCS1(=O)=O. The van der Waals surface area contributed by atoms with Crippen molar-refractivity contribution in [2.24, 2.45) is 10.4 Å². The van der Waals surface area contributed by atoms with Gasteiger partial charge in [-0.3, -0.25) is 4.99 Å². The first kappa shape index (κ1) is 21.2.